The highest BCUT2D eigenvalue weighted by Gasteiger charge is 2.10. The summed E-state index contributed by atoms with van der Waals surface area (Å²) >= 11 is 0. The van der Waals surface area contributed by atoms with Crippen LogP contribution in [0.15, 0.2) is 24.3 Å². The van der Waals surface area contributed by atoms with Crippen molar-refractivity contribution < 1.29 is 0 Å². The number of hydrogen-bond acceptors (Lipinski definition) is 3. The van der Waals surface area contributed by atoms with Gasteiger partial charge < -0.3 is 11.1 Å². The second-order valence-corrected chi connectivity index (χ2v) is 6.80. The maximum Gasteiger partial charge on any atom is 0.0340 e. The van der Waals surface area contributed by atoms with Crippen LogP contribution in [0.25, 0.3) is 0 Å². The molecular formula is C18H31N3. The zero-order chi connectivity index (χ0) is 15.1. The predicted octanol–water partition coefficient (Wildman–Crippen LogP) is 3.46. The minimum Gasteiger partial charge on any atom is -0.383 e. The van der Waals surface area contributed by atoms with Gasteiger partial charge in [0.05, 0.1) is 0 Å². The fourth-order valence-corrected chi connectivity index (χ4v) is 3.04. The smallest absolute Gasteiger partial charge is 0.0340 e. The summed E-state index contributed by atoms with van der Waals surface area (Å²) in [4.78, 5) is 2.56. The summed E-state index contributed by atoms with van der Waals surface area (Å²) < 4.78 is 0. The Balaban J connectivity index is 1.76. The molecule has 1 unspecified atom stereocenters. The lowest BCUT2D eigenvalue weighted by atomic mass is 10.0. The molecule has 0 amide bonds. The van der Waals surface area contributed by atoms with Gasteiger partial charge in [-0.25, -0.2) is 0 Å². The molecule has 0 aliphatic carbocycles. The highest BCUT2D eigenvalue weighted by molar-refractivity contribution is 5.44. The van der Waals surface area contributed by atoms with Gasteiger partial charge in [-0.2, -0.15) is 0 Å². The molecule has 1 aliphatic heterocycles. The zero-order valence-corrected chi connectivity index (χ0v) is 13.6. The number of benzene rings is 1. The second kappa shape index (κ2) is 8.40. The summed E-state index contributed by atoms with van der Waals surface area (Å²) in [5.74, 6) is 0.661. The van der Waals surface area contributed by atoms with Crippen molar-refractivity contribution in [3.63, 3.8) is 0 Å². The van der Waals surface area contributed by atoms with Crippen molar-refractivity contribution in [2.75, 3.05) is 25.0 Å². The van der Waals surface area contributed by atoms with Gasteiger partial charge in [-0.15, -0.1) is 0 Å². The lowest BCUT2D eigenvalue weighted by molar-refractivity contribution is 0.221. The molecule has 2 rings (SSSR count). The third-order valence-corrected chi connectivity index (χ3v) is 4.15. The van der Waals surface area contributed by atoms with Crippen LogP contribution in [0.1, 0.15) is 45.1 Å². The number of likely N-dealkylation sites (tertiary alicyclic amines) is 1. The molecule has 0 saturated carbocycles. The number of hydrogen-bond donors (Lipinski definition) is 2. The number of rotatable bonds is 7. The van der Waals surface area contributed by atoms with Gasteiger partial charge >= 0.3 is 0 Å². The highest BCUT2D eigenvalue weighted by Crippen LogP contribution is 2.15. The molecule has 0 bridgehead atoms. The van der Waals surface area contributed by atoms with E-state index in [9.17, 15) is 0 Å². The van der Waals surface area contributed by atoms with Gasteiger partial charge in [0.1, 0.15) is 0 Å². The molecular weight excluding hydrogens is 258 g/mol. The molecule has 1 heterocycles. The minimum absolute atomic E-state index is 0.234. The fourth-order valence-electron chi connectivity index (χ4n) is 3.04. The van der Waals surface area contributed by atoms with E-state index in [-0.39, 0.29) is 6.04 Å². The van der Waals surface area contributed by atoms with E-state index in [1.807, 2.05) is 0 Å². The Labute approximate surface area is 129 Å². The fraction of sp³-hybridized carbons (Fsp3) is 0.667. The van der Waals surface area contributed by atoms with Crippen molar-refractivity contribution in [1.82, 2.24) is 4.90 Å². The largest absolute Gasteiger partial charge is 0.383 e. The molecule has 0 spiro atoms. The van der Waals surface area contributed by atoms with Crippen LogP contribution in [0.5, 0.6) is 0 Å². The lowest BCUT2D eigenvalue weighted by Gasteiger charge is -2.26. The Morgan fingerprint density at radius 1 is 1.10 bits per heavy atom. The van der Waals surface area contributed by atoms with Gasteiger partial charge in [0, 0.05) is 24.8 Å². The van der Waals surface area contributed by atoms with E-state index in [2.05, 4.69) is 48.3 Å². The molecule has 0 radical (unpaired) electrons. The van der Waals surface area contributed by atoms with E-state index in [1.54, 1.807) is 0 Å². The minimum atomic E-state index is 0.234. The standard InChI is InChI=1S/C18H31N3/c1-15(2)12-17(19)13-20-18-8-6-16(7-9-18)14-21-10-4-3-5-11-21/h6-9,15,17,20H,3-5,10-14,19H2,1-2H3. The molecule has 1 fully saturated rings. The maximum atomic E-state index is 6.11. The maximum absolute atomic E-state index is 6.11. The molecule has 1 aliphatic rings. The topological polar surface area (TPSA) is 41.3 Å². The van der Waals surface area contributed by atoms with Crippen molar-refractivity contribution in [1.29, 1.82) is 0 Å². The van der Waals surface area contributed by atoms with Crippen LogP contribution < -0.4 is 11.1 Å². The number of nitrogens with zero attached hydrogens (tertiary/aromatic N) is 1. The van der Waals surface area contributed by atoms with Crippen LogP contribution >= 0.6 is 0 Å². The third kappa shape index (κ3) is 6.06. The summed E-state index contributed by atoms with van der Waals surface area (Å²) in [7, 11) is 0. The first-order valence-electron chi connectivity index (χ1n) is 8.44. The van der Waals surface area contributed by atoms with Gasteiger partial charge in [-0.05, 0) is 56.0 Å². The summed E-state index contributed by atoms with van der Waals surface area (Å²) in [6.45, 7) is 8.88. The van der Waals surface area contributed by atoms with E-state index in [1.165, 1.54) is 43.6 Å². The SMILES string of the molecule is CC(C)CC(N)CNc1ccc(CN2CCCCC2)cc1. The second-order valence-electron chi connectivity index (χ2n) is 6.80. The van der Waals surface area contributed by atoms with Gasteiger partial charge in [0.25, 0.3) is 0 Å². The van der Waals surface area contributed by atoms with Crippen LogP contribution in [0, 0.1) is 5.92 Å². The van der Waals surface area contributed by atoms with Crippen molar-refractivity contribution in [2.45, 2.75) is 52.1 Å². The summed E-state index contributed by atoms with van der Waals surface area (Å²) in [6.07, 6.45) is 5.18. The number of anilines is 1. The van der Waals surface area contributed by atoms with Crippen molar-refractivity contribution in [2.24, 2.45) is 11.7 Å². The Morgan fingerprint density at radius 2 is 1.76 bits per heavy atom. The van der Waals surface area contributed by atoms with E-state index in [0.717, 1.165) is 19.5 Å². The predicted molar refractivity (Wildman–Crippen MR) is 91.5 cm³/mol. The molecule has 3 heteroatoms. The van der Waals surface area contributed by atoms with Crippen LogP contribution in [-0.4, -0.2) is 30.6 Å². The van der Waals surface area contributed by atoms with E-state index in [4.69, 9.17) is 5.73 Å². The molecule has 3 N–H and O–H groups in total. The average Bonchev–Trinajstić information content (AvgIpc) is 2.47. The molecule has 118 valence electrons. The molecule has 21 heavy (non-hydrogen) atoms. The molecule has 1 aromatic carbocycles. The molecule has 1 aromatic rings. The monoisotopic (exact) mass is 289 g/mol. The molecule has 1 atom stereocenters. The van der Waals surface area contributed by atoms with Crippen LogP contribution in [0.4, 0.5) is 5.69 Å². The Hall–Kier alpha value is -1.06. The Bertz CT molecular complexity index is 393. The number of nitrogens with one attached hydrogen (secondary N) is 1. The van der Waals surface area contributed by atoms with Gasteiger partial charge in [0.2, 0.25) is 0 Å². The van der Waals surface area contributed by atoms with Crippen LogP contribution in [-0.2, 0) is 6.54 Å². The highest BCUT2D eigenvalue weighted by atomic mass is 15.1. The summed E-state index contributed by atoms with van der Waals surface area (Å²) in [5.41, 5.74) is 8.70. The third-order valence-electron chi connectivity index (χ3n) is 4.15. The van der Waals surface area contributed by atoms with Crippen molar-refractivity contribution >= 4 is 5.69 Å². The van der Waals surface area contributed by atoms with Crippen molar-refractivity contribution in [3.8, 4) is 0 Å². The quantitative estimate of drug-likeness (QED) is 0.807. The van der Waals surface area contributed by atoms with Gasteiger partial charge in [-0.1, -0.05) is 32.4 Å². The Kier molecular flexibility index (Phi) is 6.52. The van der Waals surface area contributed by atoms with E-state index < -0.39 is 0 Å². The number of piperidine rings is 1. The first kappa shape index (κ1) is 16.3. The van der Waals surface area contributed by atoms with Gasteiger partial charge in [0.15, 0.2) is 0 Å². The average molecular weight is 289 g/mol. The lowest BCUT2D eigenvalue weighted by Crippen LogP contribution is -2.30. The van der Waals surface area contributed by atoms with Gasteiger partial charge in [-0.3, -0.25) is 4.90 Å². The summed E-state index contributed by atoms with van der Waals surface area (Å²) in [6, 6.07) is 9.08. The molecule has 1 saturated heterocycles. The van der Waals surface area contributed by atoms with Crippen molar-refractivity contribution in [3.05, 3.63) is 29.8 Å². The van der Waals surface area contributed by atoms with E-state index in [0.29, 0.717) is 5.92 Å². The molecule has 0 aromatic heterocycles. The van der Waals surface area contributed by atoms with E-state index >= 15 is 0 Å². The molecule has 3 nitrogen and oxygen atoms in total. The summed E-state index contributed by atoms with van der Waals surface area (Å²) in [5, 5.41) is 3.44. The first-order chi connectivity index (χ1) is 10.1. The van der Waals surface area contributed by atoms with Crippen LogP contribution in [0.2, 0.25) is 0 Å². The first-order valence-corrected chi connectivity index (χ1v) is 8.44. The Morgan fingerprint density at radius 3 is 2.38 bits per heavy atom. The zero-order valence-electron chi connectivity index (χ0n) is 13.6. The number of nitrogens with two attached hydrogens (primary N) is 1. The van der Waals surface area contributed by atoms with Crippen LogP contribution in [0.3, 0.4) is 0 Å². The normalized spacial score (nSPS) is 17.9.